The van der Waals surface area contributed by atoms with Crippen LogP contribution in [0.3, 0.4) is 0 Å². The van der Waals surface area contributed by atoms with E-state index in [2.05, 4.69) is 31.1 Å². The van der Waals surface area contributed by atoms with E-state index in [1.807, 2.05) is 6.07 Å². The first-order valence-electron chi connectivity index (χ1n) is 15.4. The van der Waals surface area contributed by atoms with Crippen molar-refractivity contribution in [2.24, 2.45) is 23.7 Å². The number of fused-ring (bicyclic) bond motifs is 1. The molecule has 2 aliphatic heterocycles. The first kappa shape index (κ1) is 39.9. The summed E-state index contributed by atoms with van der Waals surface area (Å²) in [6, 6.07) is -1.32. The number of hydrogen-bond acceptors (Lipinski definition) is 7. The first-order valence-corrected chi connectivity index (χ1v) is 15.4. The van der Waals surface area contributed by atoms with E-state index in [4.69, 9.17) is 5.26 Å². The van der Waals surface area contributed by atoms with Crippen molar-refractivity contribution >= 4 is 30.1 Å². The third-order valence-electron chi connectivity index (χ3n) is 7.68. The minimum Gasteiger partial charge on any atom is -0.504 e. The van der Waals surface area contributed by atoms with Crippen molar-refractivity contribution in [3.63, 3.8) is 0 Å². The second-order valence-corrected chi connectivity index (χ2v) is 12.4. The average Bonchev–Trinajstić information content (AvgIpc) is 3.63. The second kappa shape index (κ2) is 17.7. The monoisotopic (exact) mass is 693 g/mol. The summed E-state index contributed by atoms with van der Waals surface area (Å²) >= 11 is 0. The number of hydrogen-bond donors (Lipinski definition) is 4. The highest BCUT2D eigenvalue weighted by Crippen LogP contribution is 2.36. The lowest BCUT2D eigenvalue weighted by Gasteiger charge is -2.24. The lowest BCUT2D eigenvalue weighted by molar-refractivity contribution is -0.255. The zero-order valence-corrected chi connectivity index (χ0v) is 26.8. The number of nitrogens with zero attached hydrogens (tertiary/aromatic N) is 4. The number of rotatable bonds is 6. The Bertz CT molecular complexity index is 1260. The largest absolute Gasteiger partial charge is 0.504 e. The minimum atomic E-state index is -5.68. The lowest BCUT2D eigenvalue weighted by Crippen LogP contribution is -2.57. The van der Waals surface area contributed by atoms with Crippen LogP contribution in [0.1, 0.15) is 52.9 Å². The summed E-state index contributed by atoms with van der Waals surface area (Å²) in [6.07, 6.45) is -4.88. The molecule has 12 nitrogen and oxygen atoms in total. The normalized spacial score (nSPS) is 22.0. The summed E-state index contributed by atoms with van der Waals surface area (Å²) in [5, 5.41) is 23.5. The van der Waals surface area contributed by atoms with Crippen LogP contribution in [0.2, 0.25) is 0 Å². The fourth-order valence-corrected chi connectivity index (χ4v) is 5.41. The number of halogens is 6. The molecule has 1 saturated carbocycles. The Morgan fingerprint density at radius 2 is 1.62 bits per heavy atom. The molecule has 5 amide bonds. The smallest absolute Gasteiger partial charge is 0.417 e. The molecule has 268 valence electrons. The Balaban J connectivity index is 0.000000308. The third-order valence-corrected chi connectivity index (χ3v) is 7.68. The zero-order valence-electron chi connectivity index (χ0n) is 26.8. The molecule has 2 saturated heterocycles. The highest BCUT2D eigenvalue weighted by atomic mass is 19.4. The molecule has 0 radical (unpaired) electrons. The van der Waals surface area contributed by atoms with Crippen molar-refractivity contribution in [1.82, 2.24) is 25.4 Å². The molecule has 4 rings (SSSR count). The van der Waals surface area contributed by atoms with E-state index in [-0.39, 0.29) is 30.4 Å². The second-order valence-electron chi connectivity index (χ2n) is 12.4. The van der Waals surface area contributed by atoms with Crippen LogP contribution in [0.5, 0.6) is 5.75 Å². The maximum Gasteiger partial charge on any atom is 0.417 e. The number of carbonyl (C=O) groups excluding carboxylic acids is 4. The number of aromatic hydroxyl groups is 1. The Kier molecular flexibility index (Phi) is 14.7. The van der Waals surface area contributed by atoms with Gasteiger partial charge in [0.05, 0.1) is 18.5 Å². The molecule has 1 aromatic heterocycles. The van der Waals surface area contributed by atoms with E-state index in [0.717, 1.165) is 36.9 Å². The van der Waals surface area contributed by atoms with E-state index >= 15 is 0 Å². The van der Waals surface area contributed by atoms with Crippen LogP contribution in [0.4, 0.5) is 37.0 Å². The van der Waals surface area contributed by atoms with Gasteiger partial charge in [0.1, 0.15) is 6.04 Å². The van der Waals surface area contributed by atoms with Gasteiger partial charge < -0.3 is 30.9 Å². The topological polar surface area (TPSA) is 168 Å². The van der Waals surface area contributed by atoms with Crippen LogP contribution in [-0.4, -0.2) is 94.8 Å². The summed E-state index contributed by atoms with van der Waals surface area (Å²) < 4.78 is 74.1. The van der Waals surface area contributed by atoms with Gasteiger partial charge in [-0.15, -0.1) is 0 Å². The maximum absolute atomic E-state index is 12.4. The van der Waals surface area contributed by atoms with Crippen LogP contribution in [-0.2, 0) is 14.4 Å². The molecule has 3 heterocycles. The molecule has 48 heavy (non-hydrogen) atoms. The van der Waals surface area contributed by atoms with Crippen LogP contribution < -0.4 is 16.0 Å². The number of likely N-dealkylation sites (tertiary alicyclic amines) is 2. The number of urea groups is 1. The predicted molar refractivity (Wildman–Crippen MR) is 160 cm³/mol. The van der Waals surface area contributed by atoms with Crippen molar-refractivity contribution in [3.8, 4) is 11.8 Å². The highest BCUT2D eigenvalue weighted by Gasteiger charge is 2.57. The fourth-order valence-electron chi connectivity index (χ4n) is 5.41. The third kappa shape index (κ3) is 12.4. The molecular weight excluding hydrogens is 652 g/mol. The number of nitrogens with one attached hydrogen (secondary N) is 3. The van der Waals surface area contributed by atoms with Crippen LogP contribution in [0.25, 0.3) is 0 Å². The number of aromatic nitrogens is 1. The number of nitriles is 1. The van der Waals surface area contributed by atoms with Gasteiger partial charge in [-0.3, -0.25) is 14.4 Å². The maximum atomic E-state index is 12.4. The van der Waals surface area contributed by atoms with E-state index in [9.17, 15) is 50.6 Å². The summed E-state index contributed by atoms with van der Waals surface area (Å²) in [6.45, 7) is 7.08. The lowest BCUT2D eigenvalue weighted by atomic mass is 9.82. The number of alkyl halides is 6. The van der Waals surface area contributed by atoms with Gasteiger partial charge in [-0.1, -0.05) is 33.6 Å². The zero-order chi connectivity index (χ0) is 36.2. The van der Waals surface area contributed by atoms with Crippen molar-refractivity contribution in [1.29, 1.82) is 5.26 Å². The SMILES string of the molecule is CC(C)C.N#CC1CC(C(=O)Nc2ncccc2O)CN1C=O.O=C(NCC(=O)N1CC2CCCC[C@@H]2C1)NC(C(F)(F)F)C(F)(F)F. The molecule has 1 aromatic rings. The standard InChI is InChI=1S/C14H19F6N3O2.C12H12N4O3.C4H10/c15-13(16,17)11(14(18,19)20)22-12(25)21-5-10(24)23-6-8-3-1-2-4-9(8)7-23;13-5-9-4-8(6-16(9)7-17)12(19)15-11-10(18)2-1-3-14-11;1-4(2)3/h8-9,11H,1-7H2,(H2,21,22,25);1-3,7-9,18H,4,6H2,(H,14,15,19);4H,1-3H3/t8-,9?;;/m1../s1. The van der Waals surface area contributed by atoms with Gasteiger partial charge in [0.25, 0.3) is 0 Å². The Hall–Kier alpha value is -4.30. The molecule has 4 N–H and O–H groups in total. The molecule has 0 spiro atoms. The van der Waals surface area contributed by atoms with Crippen molar-refractivity contribution in [2.75, 3.05) is 31.5 Å². The molecule has 3 fully saturated rings. The van der Waals surface area contributed by atoms with Gasteiger partial charge in [-0.05, 0) is 49.1 Å². The van der Waals surface area contributed by atoms with Gasteiger partial charge >= 0.3 is 18.4 Å². The Morgan fingerprint density at radius 3 is 2.08 bits per heavy atom. The summed E-state index contributed by atoms with van der Waals surface area (Å²) in [7, 11) is 0. The van der Waals surface area contributed by atoms with Gasteiger partial charge in [0, 0.05) is 25.8 Å². The summed E-state index contributed by atoms with van der Waals surface area (Å²) in [5.74, 6) is 0.191. The van der Waals surface area contributed by atoms with Crippen molar-refractivity contribution in [3.05, 3.63) is 18.3 Å². The predicted octanol–water partition coefficient (Wildman–Crippen LogP) is 4.19. The number of pyridine rings is 1. The molecule has 3 aliphatic rings. The molecule has 1 aliphatic carbocycles. The van der Waals surface area contributed by atoms with Gasteiger partial charge in [-0.25, -0.2) is 9.78 Å². The molecule has 18 heteroatoms. The van der Waals surface area contributed by atoms with Crippen LogP contribution in [0, 0.1) is 35.0 Å². The van der Waals surface area contributed by atoms with Crippen molar-refractivity contribution in [2.45, 2.75) is 77.3 Å². The van der Waals surface area contributed by atoms with E-state index in [0.29, 0.717) is 31.3 Å². The summed E-state index contributed by atoms with van der Waals surface area (Å²) in [5.41, 5.74) is 0. The first-order chi connectivity index (χ1) is 22.4. The van der Waals surface area contributed by atoms with Crippen LogP contribution in [0.15, 0.2) is 18.3 Å². The van der Waals surface area contributed by atoms with E-state index in [1.165, 1.54) is 22.1 Å². The minimum absolute atomic E-state index is 0.0746. The number of carbonyl (C=O) groups is 4. The van der Waals surface area contributed by atoms with Gasteiger partial charge in [-0.2, -0.15) is 31.6 Å². The number of amides is 5. The molecular formula is C30H41F6N7O5. The highest BCUT2D eigenvalue weighted by molar-refractivity contribution is 5.93. The molecule has 0 bridgehead atoms. The Morgan fingerprint density at radius 1 is 1.06 bits per heavy atom. The summed E-state index contributed by atoms with van der Waals surface area (Å²) in [4.78, 5) is 52.7. The molecule has 3 unspecified atom stereocenters. The average molecular weight is 694 g/mol. The molecule has 0 aromatic carbocycles. The molecule has 4 atom stereocenters. The van der Waals surface area contributed by atoms with Crippen LogP contribution >= 0.6 is 0 Å². The van der Waals surface area contributed by atoms with Gasteiger partial charge in [0.15, 0.2) is 11.6 Å². The quantitative estimate of drug-likeness (QED) is 0.256. The van der Waals surface area contributed by atoms with Crippen molar-refractivity contribution < 1.29 is 50.6 Å². The fraction of sp³-hybridized carbons (Fsp3) is 0.667. The van der Waals surface area contributed by atoms with E-state index in [1.54, 1.807) is 11.4 Å². The number of anilines is 1. The van der Waals surface area contributed by atoms with E-state index < -0.39 is 48.8 Å². The van der Waals surface area contributed by atoms with Gasteiger partial charge in [0.2, 0.25) is 24.3 Å². The Labute approximate surface area is 274 Å².